The molecular weight excluding hydrogens is 394 g/mol. The summed E-state index contributed by atoms with van der Waals surface area (Å²) in [5.41, 5.74) is 0.699. The summed E-state index contributed by atoms with van der Waals surface area (Å²) in [4.78, 5) is 12.1. The van der Waals surface area contributed by atoms with Crippen molar-refractivity contribution in [3.8, 4) is 6.07 Å². The van der Waals surface area contributed by atoms with Gasteiger partial charge in [0.05, 0.1) is 11.1 Å². The van der Waals surface area contributed by atoms with Crippen LogP contribution in [0.25, 0.3) is 0 Å². The van der Waals surface area contributed by atoms with Crippen LogP contribution in [0, 0.1) is 20.7 Å². The lowest BCUT2D eigenvalue weighted by Crippen LogP contribution is -2.13. The quantitative estimate of drug-likeness (QED) is 0.768. The van der Waals surface area contributed by atoms with Gasteiger partial charge in [0.1, 0.15) is 11.9 Å². The predicted molar refractivity (Wildman–Crippen MR) is 83.2 cm³/mol. The SMILES string of the molecule is N#Cc1cc(NC(=O)c2ccc(Cl)cc2I)ccc1F. The van der Waals surface area contributed by atoms with E-state index < -0.39 is 5.82 Å². The van der Waals surface area contributed by atoms with E-state index in [4.69, 9.17) is 16.9 Å². The Bertz CT molecular complexity index is 728. The average Bonchev–Trinajstić information content (AvgIpc) is 2.40. The second-order valence-corrected chi connectivity index (χ2v) is 5.48. The van der Waals surface area contributed by atoms with Crippen molar-refractivity contribution in [1.29, 1.82) is 5.26 Å². The largest absolute Gasteiger partial charge is 0.322 e. The topological polar surface area (TPSA) is 52.9 Å². The zero-order valence-electron chi connectivity index (χ0n) is 9.95. The van der Waals surface area contributed by atoms with Gasteiger partial charge in [-0.05, 0) is 59.0 Å². The first-order valence-corrected chi connectivity index (χ1v) is 6.93. The Morgan fingerprint density at radius 3 is 2.70 bits per heavy atom. The van der Waals surface area contributed by atoms with Crippen LogP contribution in [0.5, 0.6) is 0 Å². The first-order chi connectivity index (χ1) is 9.51. The van der Waals surface area contributed by atoms with Gasteiger partial charge in [-0.3, -0.25) is 4.79 Å². The summed E-state index contributed by atoms with van der Waals surface area (Å²) in [6.45, 7) is 0. The molecule has 0 aliphatic rings. The normalized spacial score (nSPS) is 9.90. The number of carbonyl (C=O) groups is 1. The van der Waals surface area contributed by atoms with Gasteiger partial charge in [-0.2, -0.15) is 5.26 Å². The van der Waals surface area contributed by atoms with E-state index in [1.54, 1.807) is 24.3 Å². The van der Waals surface area contributed by atoms with Gasteiger partial charge < -0.3 is 5.32 Å². The van der Waals surface area contributed by atoms with Crippen LogP contribution in [0.1, 0.15) is 15.9 Å². The van der Waals surface area contributed by atoms with Gasteiger partial charge >= 0.3 is 0 Å². The summed E-state index contributed by atoms with van der Waals surface area (Å²) >= 11 is 7.83. The maximum atomic E-state index is 13.2. The monoisotopic (exact) mass is 400 g/mol. The summed E-state index contributed by atoms with van der Waals surface area (Å²) in [7, 11) is 0. The third kappa shape index (κ3) is 3.26. The minimum Gasteiger partial charge on any atom is -0.322 e. The van der Waals surface area contributed by atoms with Crippen LogP contribution in [-0.2, 0) is 0 Å². The number of benzene rings is 2. The van der Waals surface area contributed by atoms with Gasteiger partial charge in [0.2, 0.25) is 0 Å². The molecule has 6 heteroatoms. The van der Waals surface area contributed by atoms with E-state index in [2.05, 4.69) is 5.32 Å². The molecular formula is C14H7ClFIN2O. The van der Waals surface area contributed by atoms with E-state index in [1.807, 2.05) is 22.6 Å². The second-order valence-electron chi connectivity index (χ2n) is 3.88. The van der Waals surface area contributed by atoms with E-state index in [0.29, 0.717) is 19.8 Å². The lowest BCUT2D eigenvalue weighted by Gasteiger charge is -2.07. The molecule has 0 saturated heterocycles. The number of nitrogens with zero attached hydrogens (tertiary/aromatic N) is 1. The number of nitriles is 1. The molecule has 0 unspecified atom stereocenters. The number of nitrogens with one attached hydrogen (secondary N) is 1. The summed E-state index contributed by atoms with van der Waals surface area (Å²) in [6, 6.07) is 10.4. The van der Waals surface area contributed by atoms with Crippen molar-refractivity contribution in [3.63, 3.8) is 0 Å². The Morgan fingerprint density at radius 2 is 2.05 bits per heavy atom. The Morgan fingerprint density at radius 1 is 1.30 bits per heavy atom. The molecule has 0 saturated carbocycles. The van der Waals surface area contributed by atoms with Crippen molar-refractivity contribution in [1.82, 2.24) is 0 Å². The van der Waals surface area contributed by atoms with Crippen LogP contribution in [0.15, 0.2) is 36.4 Å². The molecule has 100 valence electrons. The fraction of sp³-hybridized carbons (Fsp3) is 0. The van der Waals surface area contributed by atoms with Crippen LogP contribution < -0.4 is 5.32 Å². The van der Waals surface area contributed by atoms with Crippen molar-refractivity contribution in [2.75, 3.05) is 5.32 Å². The molecule has 0 aliphatic heterocycles. The first-order valence-electron chi connectivity index (χ1n) is 5.47. The molecule has 0 bridgehead atoms. The predicted octanol–water partition coefficient (Wildman–Crippen LogP) is 4.21. The summed E-state index contributed by atoms with van der Waals surface area (Å²) in [5, 5.41) is 11.9. The first kappa shape index (κ1) is 14.8. The minimum absolute atomic E-state index is 0.117. The zero-order valence-corrected chi connectivity index (χ0v) is 12.9. The lowest BCUT2D eigenvalue weighted by molar-refractivity contribution is 0.102. The maximum absolute atomic E-state index is 13.2. The van der Waals surface area contributed by atoms with E-state index >= 15 is 0 Å². The van der Waals surface area contributed by atoms with Crippen molar-refractivity contribution in [2.24, 2.45) is 0 Å². The fourth-order valence-corrected chi connectivity index (χ4v) is 2.68. The highest BCUT2D eigenvalue weighted by molar-refractivity contribution is 14.1. The molecule has 0 aliphatic carbocycles. The molecule has 1 N–H and O–H groups in total. The van der Waals surface area contributed by atoms with Gasteiger partial charge in [-0.25, -0.2) is 4.39 Å². The summed E-state index contributed by atoms with van der Waals surface area (Å²) in [5.74, 6) is -0.965. The molecule has 2 rings (SSSR count). The van der Waals surface area contributed by atoms with Gasteiger partial charge in [0, 0.05) is 14.3 Å². The van der Waals surface area contributed by atoms with Gasteiger partial charge in [-0.1, -0.05) is 11.6 Å². The van der Waals surface area contributed by atoms with Crippen molar-refractivity contribution in [3.05, 3.63) is 61.9 Å². The number of hydrogen-bond donors (Lipinski definition) is 1. The number of rotatable bonds is 2. The molecule has 0 fully saturated rings. The smallest absolute Gasteiger partial charge is 0.256 e. The van der Waals surface area contributed by atoms with Gasteiger partial charge in [0.15, 0.2) is 0 Å². The lowest BCUT2D eigenvalue weighted by atomic mass is 10.2. The van der Waals surface area contributed by atoms with Gasteiger partial charge in [0.25, 0.3) is 5.91 Å². The molecule has 1 amide bonds. The maximum Gasteiger partial charge on any atom is 0.256 e. The molecule has 0 aromatic heterocycles. The Kier molecular flexibility index (Phi) is 4.57. The minimum atomic E-state index is -0.619. The Hall–Kier alpha value is -1.65. The highest BCUT2D eigenvalue weighted by atomic mass is 127. The molecule has 0 heterocycles. The molecule has 0 spiro atoms. The molecule has 2 aromatic rings. The molecule has 2 aromatic carbocycles. The number of carbonyl (C=O) groups excluding carboxylic acids is 1. The van der Waals surface area contributed by atoms with Crippen LogP contribution in [0.4, 0.5) is 10.1 Å². The highest BCUT2D eigenvalue weighted by Crippen LogP contribution is 2.20. The van der Waals surface area contributed by atoms with E-state index in [1.165, 1.54) is 12.1 Å². The molecule has 0 radical (unpaired) electrons. The number of hydrogen-bond acceptors (Lipinski definition) is 2. The fourth-order valence-electron chi connectivity index (χ4n) is 1.56. The van der Waals surface area contributed by atoms with Crippen molar-refractivity contribution in [2.45, 2.75) is 0 Å². The summed E-state index contributed by atoms with van der Waals surface area (Å²) in [6.07, 6.45) is 0. The van der Waals surface area contributed by atoms with Gasteiger partial charge in [-0.15, -0.1) is 0 Å². The Labute approximate surface area is 133 Å². The second kappa shape index (κ2) is 6.20. The average molecular weight is 401 g/mol. The van der Waals surface area contributed by atoms with Crippen molar-refractivity contribution >= 4 is 45.8 Å². The number of halogens is 3. The Balaban J connectivity index is 2.26. The zero-order chi connectivity index (χ0) is 14.7. The summed E-state index contributed by atoms with van der Waals surface area (Å²) < 4.78 is 13.9. The van der Waals surface area contributed by atoms with E-state index in [0.717, 1.165) is 6.07 Å². The molecule has 0 atom stereocenters. The number of amides is 1. The van der Waals surface area contributed by atoms with Crippen LogP contribution in [-0.4, -0.2) is 5.91 Å². The van der Waals surface area contributed by atoms with Crippen LogP contribution in [0.3, 0.4) is 0 Å². The highest BCUT2D eigenvalue weighted by Gasteiger charge is 2.11. The standard InChI is InChI=1S/C14H7ClFIN2O/c15-9-1-3-11(13(17)6-9)14(20)19-10-2-4-12(16)8(5-10)7-18/h1-6H,(H,19,20). The third-order valence-corrected chi connectivity index (χ3v) is 3.65. The third-order valence-electron chi connectivity index (χ3n) is 2.52. The molecule has 20 heavy (non-hydrogen) atoms. The van der Waals surface area contributed by atoms with E-state index in [-0.39, 0.29) is 11.5 Å². The van der Waals surface area contributed by atoms with E-state index in [9.17, 15) is 9.18 Å². The van der Waals surface area contributed by atoms with Crippen LogP contribution >= 0.6 is 34.2 Å². The van der Waals surface area contributed by atoms with Crippen LogP contribution in [0.2, 0.25) is 5.02 Å². The van der Waals surface area contributed by atoms with Crippen molar-refractivity contribution < 1.29 is 9.18 Å². The number of anilines is 1. The molecule has 3 nitrogen and oxygen atoms in total.